The molecule has 0 unspecified atom stereocenters. The van der Waals surface area contributed by atoms with Gasteiger partial charge in [0.2, 0.25) is 0 Å². The quantitative estimate of drug-likeness (QED) is 0.825. The van der Waals surface area contributed by atoms with Crippen LogP contribution in [0.4, 0.5) is 0 Å². The number of hydrogen-bond acceptors (Lipinski definition) is 6. The summed E-state index contributed by atoms with van der Waals surface area (Å²) in [5.74, 6) is 0. The molecule has 0 spiro atoms. The van der Waals surface area contributed by atoms with E-state index in [2.05, 4.69) is 0 Å². The zero-order chi connectivity index (χ0) is 9.42. The first-order valence-corrected chi connectivity index (χ1v) is 5.97. The molecule has 3 nitrogen and oxygen atoms in total. The van der Waals surface area contributed by atoms with Gasteiger partial charge in [0, 0.05) is 9.75 Å². The maximum absolute atomic E-state index is 11.1. The minimum atomic E-state index is -0.0617. The molecule has 13 heavy (non-hydrogen) atoms. The number of rotatable bonds is 2. The van der Waals surface area contributed by atoms with Crippen molar-refractivity contribution in [2.24, 2.45) is 0 Å². The number of aliphatic hydroxyl groups excluding tert-OH is 2. The third kappa shape index (κ3) is 1.44. The third-order valence-electron chi connectivity index (χ3n) is 1.62. The van der Waals surface area contributed by atoms with E-state index in [9.17, 15) is 4.79 Å². The highest BCUT2D eigenvalue weighted by atomic mass is 32.2. The van der Waals surface area contributed by atoms with Crippen LogP contribution in [0, 0.1) is 0 Å². The van der Waals surface area contributed by atoms with Crippen molar-refractivity contribution in [3.8, 4) is 0 Å². The smallest absolute Gasteiger partial charge is 0.288 e. The molecule has 0 amide bonds. The molecule has 2 heterocycles. The molecule has 2 rings (SSSR count). The first-order valence-electron chi connectivity index (χ1n) is 3.52. The van der Waals surface area contributed by atoms with E-state index in [1.165, 1.54) is 11.3 Å². The molecule has 0 saturated carbocycles. The van der Waals surface area contributed by atoms with E-state index in [1.54, 1.807) is 0 Å². The van der Waals surface area contributed by atoms with Gasteiger partial charge < -0.3 is 10.2 Å². The topological polar surface area (TPSA) is 57.5 Å². The largest absolute Gasteiger partial charge is 0.391 e. The molecule has 0 saturated heterocycles. The summed E-state index contributed by atoms with van der Waals surface area (Å²) in [5.41, 5.74) is 0. The van der Waals surface area contributed by atoms with Gasteiger partial charge in [-0.2, -0.15) is 0 Å². The zero-order valence-corrected chi connectivity index (χ0v) is 8.89. The van der Waals surface area contributed by atoms with Crippen LogP contribution < -0.4 is 4.06 Å². The van der Waals surface area contributed by atoms with E-state index < -0.39 is 0 Å². The summed E-state index contributed by atoms with van der Waals surface area (Å²) in [4.78, 5) is 12.6. The van der Waals surface area contributed by atoms with E-state index >= 15 is 0 Å². The third-order valence-corrected chi connectivity index (χ3v) is 5.31. The van der Waals surface area contributed by atoms with Crippen LogP contribution in [0.5, 0.6) is 0 Å². The fourth-order valence-electron chi connectivity index (χ4n) is 1.10. The van der Waals surface area contributed by atoms with Gasteiger partial charge in [-0.3, -0.25) is 4.79 Å². The second-order valence-electron chi connectivity index (χ2n) is 2.38. The Labute approximate surface area is 85.5 Å². The van der Waals surface area contributed by atoms with Gasteiger partial charge in [0.05, 0.1) is 22.6 Å². The van der Waals surface area contributed by atoms with Crippen molar-refractivity contribution >= 4 is 43.4 Å². The van der Waals surface area contributed by atoms with Gasteiger partial charge in [0.25, 0.3) is 4.06 Å². The van der Waals surface area contributed by atoms with Gasteiger partial charge in [0.15, 0.2) is 0 Å². The van der Waals surface area contributed by atoms with Crippen molar-refractivity contribution in [1.82, 2.24) is 0 Å². The van der Waals surface area contributed by atoms with Crippen LogP contribution in [0.1, 0.15) is 9.75 Å². The van der Waals surface area contributed by atoms with Gasteiger partial charge in [-0.1, -0.05) is 22.7 Å². The van der Waals surface area contributed by atoms with E-state index in [0.717, 1.165) is 41.8 Å². The molecular formula is C7H6O3S3. The highest BCUT2D eigenvalue weighted by molar-refractivity contribution is 7.38. The normalized spacial score (nSPS) is 11.2. The van der Waals surface area contributed by atoms with Crippen molar-refractivity contribution < 1.29 is 10.2 Å². The Balaban J connectivity index is 2.80. The monoisotopic (exact) mass is 234 g/mol. The summed E-state index contributed by atoms with van der Waals surface area (Å²) in [6.45, 7) is -0.123. The van der Waals surface area contributed by atoms with E-state index in [4.69, 9.17) is 10.2 Å². The molecule has 0 bridgehead atoms. The fourth-order valence-corrected chi connectivity index (χ4v) is 4.58. The van der Waals surface area contributed by atoms with E-state index in [-0.39, 0.29) is 17.3 Å². The molecule has 0 radical (unpaired) electrons. The molecule has 2 aromatic rings. The van der Waals surface area contributed by atoms with Crippen LogP contribution in [0.15, 0.2) is 4.79 Å². The summed E-state index contributed by atoms with van der Waals surface area (Å²) in [5, 5.41) is 18.0. The average Bonchev–Trinajstić information content (AvgIpc) is 2.61. The minimum Gasteiger partial charge on any atom is -0.391 e. The first kappa shape index (κ1) is 9.29. The lowest BCUT2D eigenvalue weighted by molar-refractivity contribution is 0.285. The Bertz CT molecular complexity index is 439. The minimum absolute atomic E-state index is 0.0159. The van der Waals surface area contributed by atoms with Crippen LogP contribution in [0.25, 0.3) is 9.40 Å². The Kier molecular flexibility index (Phi) is 2.48. The van der Waals surface area contributed by atoms with E-state index in [1.807, 2.05) is 0 Å². The first-order chi connectivity index (χ1) is 6.26. The molecule has 0 aromatic carbocycles. The molecule has 0 aliphatic heterocycles. The highest BCUT2D eigenvalue weighted by Gasteiger charge is 2.13. The lowest BCUT2D eigenvalue weighted by Gasteiger charge is -1.85. The second kappa shape index (κ2) is 3.47. The Morgan fingerprint density at radius 2 is 1.38 bits per heavy atom. The van der Waals surface area contributed by atoms with Crippen molar-refractivity contribution in [3.05, 3.63) is 18.6 Å². The zero-order valence-electron chi connectivity index (χ0n) is 6.44. The number of hydrogen-bond donors (Lipinski definition) is 2. The molecule has 0 atom stereocenters. The van der Waals surface area contributed by atoms with Crippen LogP contribution in [0.2, 0.25) is 0 Å². The van der Waals surface area contributed by atoms with Gasteiger partial charge in [-0.25, -0.2) is 0 Å². The summed E-state index contributed by atoms with van der Waals surface area (Å²) in [6, 6.07) is 0. The summed E-state index contributed by atoms with van der Waals surface area (Å²) < 4.78 is 1.69. The highest BCUT2D eigenvalue weighted by Crippen LogP contribution is 2.35. The molecule has 0 aliphatic carbocycles. The van der Waals surface area contributed by atoms with Gasteiger partial charge in [-0.15, -0.1) is 11.3 Å². The van der Waals surface area contributed by atoms with Crippen LogP contribution in [0.3, 0.4) is 0 Å². The van der Waals surface area contributed by atoms with Gasteiger partial charge in [-0.05, 0) is 0 Å². The Hall–Kier alpha value is -0.270. The van der Waals surface area contributed by atoms with Gasteiger partial charge in [0.1, 0.15) is 0 Å². The van der Waals surface area contributed by atoms with Gasteiger partial charge >= 0.3 is 0 Å². The molecule has 0 aliphatic rings. The predicted molar refractivity (Wildman–Crippen MR) is 55.7 cm³/mol. The lowest BCUT2D eigenvalue weighted by atomic mass is 10.4. The molecule has 6 heteroatoms. The molecule has 2 aromatic heterocycles. The molecular weight excluding hydrogens is 228 g/mol. The Morgan fingerprint density at radius 3 is 1.77 bits per heavy atom. The standard InChI is InChI=1S/C7H6O3S3/c8-1-3-5-6(4(2-9)11-3)13-7(10)12-5/h8-9H,1-2H2. The summed E-state index contributed by atoms with van der Waals surface area (Å²) in [6.07, 6.45) is 0. The van der Waals surface area contributed by atoms with E-state index in [0.29, 0.717) is 0 Å². The van der Waals surface area contributed by atoms with Crippen molar-refractivity contribution in [3.63, 3.8) is 0 Å². The summed E-state index contributed by atoms with van der Waals surface area (Å²) >= 11 is 3.65. The number of aliphatic hydroxyl groups is 2. The predicted octanol–water partition coefficient (Wildman–Crippen LogP) is 1.37. The fraction of sp³-hybridized carbons (Fsp3) is 0.286. The average molecular weight is 234 g/mol. The molecule has 0 fully saturated rings. The maximum atomic E-state index is 11.1. The number of thiophene rings is 1. The van der Waals surface area contributed by atoms with Crippen molar-refractivity contribution in [2.45, 2.75) is 13.2 Å². The molecule has 70 valence electrons. The van der Waals surface area contributed by atoms with Crippen LogP contribution >= 0.6 is 34.0 Å². The molecule has 2 N–H and O–H groups in total. The second-order valence-corrected chi connectivity index (χ2v) is 5.79. The Morgan fingerprint density at radius 1 is 0.923 bits per heavy atom. The SMILES string of the molecule is O=c1sc2c(CO)sc(CO)c2s1. The van der Waals surface area contributed by atoms with Crippen molar-refractivity contribution in [1.29, 1.82) is 0 Å². The number of fused-ring (bicyclic) bond motifs is 1. The van der Waals surface area contributed by atoms with Crippen molar-refractivity contribution in [2.75, 3.05) is 0 Å². The van der Waals surface area contributed by atoms with Crippen LogP contribution in [-0.4, -0.2) is 10.2 Å². The van der Waals surface area contributed by atoms with Crippen LogP contribution in [-0.2, 0) is 13.2 Å². The lowest BCUT2D eigenvalue weighted by Crippen LogP contribution is -1.78. The maximum Gasteiger partial charge on any atom is 0.288 e. The summed E-state index contributed by atoms with van der Waals surface area (Å²) in [7, 11) is 0.